The third-order valence-electron chi connectivity index (χ3n) is 2.74. The molecule has 1 aromatic heterocycles. The smallest absolute Gasteiger partial charge is 0.152 e. The zero-order valence-electron chi connectivity index (χ0n) is 11.4. The summed E-state index contributed by atoms with van der Waals surface area (Å²) in [7, 11) is -2.88. The van der Waals surface area contributed by atoms with Gasteiger partial charge in [0.2, 0.25) is 0 Å². The van der Waals surface area contributed by atoms with Crippen LogP contribution in [0.2, 0.25) is 0 Å². The van der Waals surface area contributed by atoms with Gasteiger partial charge in [-0.05, 0) is 31.0 Å². The van der Waals surface area contributed by atoms with Crippen LogP contribution in [0.4, 0.5) is 0 Å². The molecule has 0 radical (unpaired) electrons. The van der Waals surface area contributed by atoms with Gasteiger partial charge in [-0.25, -0.2) is 8.42 Å². The molecule has 1 heterocycles. The molecule has 1 rings (SSSR count). The average Bonchev–Trinajstić information content (AvgIpc) is 2.75. The molecule has 0 unspecified atom stereocenters. The highest BCUT2D eigenvalue weighted by Gasteiger charge is 2.09. The van der Waals surface area contributed by atoms with E-state index in [0.717, 1.165) is 19.5 Å². The zero-order chi connectivity index (χ0) is 13.4. The van der Waals surface area contributed by atoms with Crippen molar-refractivity contribution in [1.82, 2.24) is 9.88 Å². The van der Waals surface area contributed by atoms with Crippen molar-refractivity contribution in [2.45, 2.75) is 39.8 Å². The number of sulfone groups is 1. The normalized spacial score (nSPS) is 11.9. The molecule has 0 aromatic carbocycles. The minimum atomic E-state index is -2.88. The molecular formula is C13H24N2O2S. The second kappa shape index (κ2) is 7.59. The second-order valence-corrected chi connectivity index (χ2v) is 6.89. The highest BCUT2D eigenvalue weighted by atomic mass is 32.2. The molecular weight excluding hydrogens is 248 g/mol. The number of hydrogen-bond donors (Lipinski definition) is 1. The van der Waals surface area contributed by atoms with E-state index in [-0.39, 0.29) is 5.75 Å². The van der Waals surface area contributed by atoms with Crippen LogP contribution in [0.25, 0.3) is 0 Å². The van der Waals surface area contributed by atoms with Gasteiger partial charge < -0.3 is 9.88 Å². The lowest BCUT2D eigenvalue weighted by molar-refractivity contribution is 0.587. The maximum absolute atomic E-state index is 11.6. The molecule has 5 heteroatoms. The molecule has 18 heavy (non-hydrogen) atoms. The molecule has 0 amide bonds. The van der Waals surface area contributed by atoms with Crippen molar-refractivity contribution < 1.29 is 8.42 Å². The first-order valence-corrected chi connectivity index (χ1v) is 8.45. The van der Waals surface area contributed by atoms with Crippen molar-refractivity contribution in [3.05, 3.63) is 24.0 Å². The van der Waals surface area contributed by atoms with Gasteiger partial charge in [-0.15, -0.1) is 0 Å². The monoisotopic (exact) mass is 272 g/mol. The molecule has 1 N–H and O–H groups in total. The molecule has 0 aliphatic carbocycles. The van der Waals surface area contributed by atoms with E-state index in [0.29, 0.717) is 18.7 Å². The molecule has 4 nitrogen and oxygen atoms in total. The highest BCUT2D eigenvalue weighted by Crippen LogP contribution is 2.03. The van der Waals surface area contributed by atoms with E-state index < -0.39 is 9.84 Å². The van der Waals surface area contributed by atoms with Gasteiger partial charge in [-0.2, -0.15) is 0 Å². The second-order valence-electron chi connectivity index (χ2n) is 4.59. The Hall–Kier alpha value is -0.810. The predicted octanol–water partition coefficient (Wildman–Crippen LogP) is 1.81. The van der Waals surface area contributed by atoms with E-state index in [9.17, 15) is 8.42 Å². The van der Waals surface area contributed by atoms with Crippen LogP contribution < -0.4 is 5.32 Å². The Morgan fingerprint density at radius 2 is 2.00 bits per heavy atom. The first kappa shape index (κ1) is 15.2. The minimum Gasteiger partial charge on any atom is -0.353 e. The SMILES string of the molecule is CCCNCc1ccn(CCS(=O)(=O)CCC)c1. The molecule has 0 bridgehead atoms. The molecule has 1 aromatic rings. The maximum Gasteiger partial charge on any atom is 0.152 e. The van der Waals surface area contributed by atoms with E-state index in [1.807, 2.05) is 30.0 Å². The Balaban J connectivity index is 2.39. The fourth-order valence-electron chi connectivity index (χ4n) is 1.80. The number of aryl methyl sites for hydroxylation is 1. The van der Waals surface area contributed by atoms with Crippen LogP contribution in [0.15, 0.2) is 18.5 Å². The Morgan fingerprint density at radius 3 is 2.67 bits per heavy atom. The van der Waals surface area contributed by atoms with Gasteiger partial charge in [0, 0.05) is 31.2 Å². The van der Waals surface area contributed by atoms with E-state index >= 15 is 0 Å². The number of hydrogen-bond acceptors (Lipinski definition) is 3. The summed E-state index contributed by atoms with van der Waals surface area (Å²) in [4.78, 5) is 0. The zero-order valence-corrected chi connectivity index (χ0v) is 12.2. The first-order valence-electron chi connectivity index (χ1n) is 6.63. The van der Waals surface area contributed by atoms with Crippen LogP contribution in [0.5, 0.6) is 0 Å². The molecule has 0 fully saturated rings. The Bertz CT molecular complexity index is 438. The summed E-state index contributed by atoms with van der Waals surface area (Å²) in [6.45, 7) is 6.44. The lowest BCUT2D eigenvalue weighted by Gasteiger charge is -2.04. The third-order valence-corrected chi connectivity index (χ3v) is 4.58. The van der Waals surface area contributed by atoms with Gasteiger partial charge in [0.1, 0.15) is 0 Å². The van der Waals surface area contributed by atoms with Gasteiger partial charge in [-0.1, -0.05) is 13.8 Å². The van der Waals surface area contributed by atoms with Crippen LogP contribution in [0.3, 0.4) is 0 Å². The molecule has 0 aliphatic rings. The van der Waals surface area contributed by atoms with Crippen molar-refractivity contribution in [2.24, 2.45) is 0 Å². The van der Waals surface area contributed by atoms with E-state index in [1.54, 1.807) is 0 Å². The molecule has 104 valence electrons. The molecule has 0 saturated heterocycles. The van der Waals surface area contributed by atoms with Crippen molar-refractivity contribution >= 4 is 9.84 Å². The Morgan fingerprint density at radius 1 is 1.22 bits per heavy atom. The van der Waals surface area contributed by atoms with Gasteiger partial charge in [0.15, 0.2) is 9.84 Å². The van der Waals surface area contributed by atoms with E-state index in [1.165, 1.54) is 5.56 Å². The largest absolute Gasteiger partial charge is 0.353 e. The summed E-state index contributed by atoms with van der Waals surface area (Å²) in [5.74, 6) is 0.524. The predicted molar refractivity (Wildman–Crippen MR) is 75.4 cm³/mol. The van der Waals surface area contributed by atoms with Crippen LogP contribution in [-0.2, 0) is 22.9 Å². The Kier molecular flexibility index (Phi) is 6.43. The summed E-state index contributed by atoms with van der Waals surface area (Å²) < 4.78 is 25.1. The molecule has 0 aliphatic heterocycles. The molecule has 0 spiro atoms. The topological polar surface area (TPSA) is 51.1 Å². The summed E-state index contributed by atoms with van der Waals surface area (Å²) in [6.07, 6.45) is 5.78. The number of nitrogens with one attached hydrogen (secondary N) is 1. The lowest BCUT2D eigenvalue weighted by Crippen LogP contribution is -2.15. The third kappa shape index (κ3) is 5.69. The fraction of sp³-hybridized carbons (Fsp3) is 0.692. The summed E-state index contributed by atoms with van der Waals surface area (Å²) in [5, 5.41) is 3.33. The Labute approximate surface area is 110 Å². The van der Waals surface area contributed by atoms with Gasteiger partial charge >= 0.3 is 0 Å². The van der Waals surface area contributed by atoms with Crippen LogP contribution in [-0.4, -0.2) is 31.0 Å². The van der Waals surface area contributed by atoms with Crippen LogP contribution in [0.1, 0.15) is 32.3 Å². The number of nitrogens with zero attached hydrogens (tertiary/aromatic N) is 1. The van der Waals surface area contributed by atoms with Crippen molar-refractivity contribution in [3.8, 4) is 0 Å². The van der Waals surface area contributed by atoms with Crippen molar-refractivity contribution in [3.63, 3.8) is 0 Å². The first-order chi connectivity index (χ1) is 8.57. The minimum absolute atomic E-state index is 0.233. The lowest BCUT2D eigenvalue weighted by atomic mass is 10.3. The van der Waals surface area contributed by atoms with E-state index in [4.69, 9.17) is 0 Å². The standard InChI is InChI=1S/C13H24N2O2S/c1-3-6-14-11-13-5-7-15(12-13)8-10-18(16,17)9-4-2/h5,7,12,14H,3-4,6,8-11H2,1-2H3. The molecule has 0 atom stereocenters. The van der Waals surface area contributed by atoms with Crippen molar-refractivity contribution in [1.29, 1.82) is 0 Å². The number of aromatic nitrogens is 1. The molecule has 0 saturated carbocycles. The fourth-order valence-corrected chi connectivity index (χ4v) is 3.12. The van der Waals surface area contributed by atoms with E-state index in [2.05, 4.69) is 12.2 Å². The van der Waals surface area contributed by atoms with Gasteiger partial charge in [0.25, 0.3) is 0 Å². The average molecular weight is 272 g/mol. The summed E-state index contributed by atoms with van der Waals surface area (Å²) in [6, 6.07) is 2.04. The van der Waals surface area contributed by atoms with Gasteiger partial charge in [0.05, 0.1) is 5.75 Å². The van der Waals surface area contributed by atoms with Crippen LogP contribution >= 0.6 is 0 Å². The summed E-state index contributed by atoms with van der Waals surface area (Å²) in [5.41, 5.74) is 1.20. The van der Waals surface area contributed by atoms with Crippen molar-refractivity contribution in [2.75, 3.05) is 18.1 Å². The number of rotatable bonds is 9. The summed E-state index contributed by atoms with van der Waals surface area (Å²) >= 11 is 0. The highest BCUT2D eigenvalue weighted by molar-refractivity contribution is 7.91. The quantitative estimate of drug-likeness (QED) is 0.698. The van der Waals surface area contributed by atoms with Gasteiger partial charge in [-0.3, -0.25) is 0 Å². The van der Waals surface area contributed by atoms with Crippen LogP contribution in [0, 0.1) is 0 Å². The maximum atomic E-state index is 11.6.